The minimum absolute atomic E-state index is 0.468. The van der Waals surface area contributed by atoms with Crippen molar-refractivity contribution in [3.8, 4) is 0 Å². The van der Waals surface area contributed by atoms with E-state index >= 15 is 0 Å². The number of hydrogen-bond acceptors (Lipinski definition) is 3. The van der Waals surface area contributed by atoms with Crippen LogP contribution < -0.4 is 0 Å². The van der Waals surface area contributed by atoms with Gasteiger partial charge in [-0.15, -0.1) is 11.5 Å². The molecule has 0 saturated carbocycles. The molecule has 0 spiro atoms. The lowest BCUT2D eigenvalue weighted by molar-refractivity contribution is 0.135. The molecule has 0 aliphatic carbocycles. The molecular weight excluding hydrogens is 166 g/mol. The van der Waals surface area contributed by atoms with Crippen LogP contribution in [0.25, 0.3) is 0 Å². The number of rotatable bonds is 10. The second kappa shape index (κ2) is 11.1. The molecule has 0 radical (unpaired) electrons. The second-order valence-electron chi connectivity index (χ2n) is 3.11. The molecule has 3 heteroatoms. The number of allylic oxidation sites excluding steroid dienone is 1. The van der Waals surface area contributed by atoms with E-state index in [0.29, 0.717) is 6.61 Å². The van der Waals surface area contributed by atoms with E-state index in [9.17, 15) is 4.91 Å². The molecule has 0 aromatic rings. The summed E-state index contributed by atoms with van der Waals surface area (Å²) in [5.74, 6) is 0. The van der Waals surface area contributed by atoms with Crippen molar-refractivity contribution in [3.05, 3.63) is 17.6 Å². The summed E-state index contributed by atoms with van der Waals surface area (Å²) in [4.78, 5) is 13.9. The van der Waals surface area contributed by atoms with Crippen molar-refractivity contribution in [1.29, 1.82) is 0 Å². The fourth-order valence-corrected chi connectivity index (χ4v) is 1.20. The zero-order valence-electron chi connectivity index (χ0n) is 8.21. The van der Waals surface area contributed by atoms with E-state index in [1.165, 1.54) is 25.7 Å². The molecule has 0 N–H and O–H groups in total. The first-order valence-electron chi connectivity index (χ1n) is 4.97. The van der Waals surface area contributed by atoms with Crippen molar-refractivity contribution in [2.45, 2.75) is 44.9 Å². The highest BCUT2D eigenvalue weighted by Gasteiger charge is 1.91. The molecule has 76 valence electrons. The summed E-state index contributed by atoms with van der Waals surface area (Å²) < 4.78 is 0. The van der Waals surface area contributed by atoms with Crippen molar-refractivity contribution >= 4 is 0 Å². The quantitative estimate of drug-likeness (QED) is 0.226. The summed E-state index contributed by atoms with van der Waals surface area (Å²) >= 11 is 0. The second-order valence-corrected chi connectivity index (χ2v) is 3.11. The summed E-state index contributed by atoms with van der Waals surface area (Å²) in [6.07, 6.45) is 10.2. The monoisotopic (exact) mass is 185 g/mol. The largest absolute Gasteiger partial charge is 0.364 e. The first-order chi connectivity index (χ1) is 6.41. The smallest absolute Gasteiger partial charge is 0.155 e. The van der Waals surface area contributed by atoms with Crippen molar-refractivity contribution in [2.75, 3.05) is 6.61 Å². The Labute approximate surface area is 80.1 Å². The molecule has 0 fully saturated rings. The predicted molar refractivity (Wildman–Crippen MR) is 54.3 cm³/mol. The molecule has 0 amide bonds. The van der Waals surface area contributed by atoms with Crippen LogP contribution in [0.5, 0.6) is 0 Å². The van der Waals surface area contributed by atoms with Crippen LogP contribution in [0, 0.1) is 4.91 Å². The normalized spacial score (nSPS) is 9.54. The van der Waals surface area contributed by atoms with Gasteiger partial charge in [0.1, 0.15) is 6.61 Å². The average Bonchev–Trinajstić information content (AvgIpc) is 2.16. The Hall–Kier alpha value is -0.860. The van der Waals surface area contributed by atoms with Gasteiger partial charge in [-0.25, -0.2) is 0 Å². The van der Waals surface area contributed by atoms with Crippen LogP contribution in [0.3, 0.4) is 0 Å². The Balaban J connectivity index is 2.83. The van der Waals surface area contributed by atoms with E-state index < -0.39 is 0 Å². The standard InChI is InChI=1S/C10H19NO2/c1-2-3-4-5-6-7-8-9-10-13-11-12/h2H,1,3-10H2. The van der Waals surface area contributed by atoms with Gasteiger partial charge in [-0.05, 0) is 25.7 Å². The van der Waals surface area contributed by atoms with E-state index in [1.807, 2.05) is 6.08 Å². The summed E-state index contributed by atoms with van der Waals surface area (Å²) in [5.41, 5.74) is 0. The van der Waals surface area contributed by atoms with Gasteiger partial charge in [0.15, 0.2) is 5.34 Å². The van der Waals surface area contributed by atoms with Crippen LogP contribution in [0.1, 0.15) is 44.9 Å². The molecule has 0 aromatic carbocycles. The molecule has 0 unspecified atom stereocenters. The molecule has 13 heavy (non-hydrogen) atoms. The molecule has 0 bridgehead atoms. The predicted octanol–water partition coefficient (Wildman–Crippen LogP) is 3.60. The van der Waals surface area contributed by atoms with Gasteiger partial charge < -0.3 is 4.84 Å². The fourth-order valence-electron chi connectivity index (χ4n) is 1.20. The highest BCUT2D eigenvalue weighted by Crippen LogP contribution is 2.07. The summed E-state index contributed by atoms with van der Waals surface area (Å²) in [6.45, 7) is 4.14. The van der Waals surface area contributed by atoms with Gasteiger partial charge in [-0.2, -0.15) is 0 Å². The van der Waals surface area contributed by atoms with Gasteiger partial charge in [0.25, 0.3) is 0 Å². The molecule has 0 rings (SSSR count). The summed E-state index contributed by atoms with van der Waals surface area (Å²) in [7, 11) is 0. The van der Waals surface area contributed by atoms with E-state index in [1.54, 1.807) is 0 Å². The van der Waals surface area contributed by atoms with Crippen LogP contribution in [-0.4, -0.2) is 6.61 Å². The van der Waals surface area contributed by atoms with Crippen LogP contribution in [-0.2, 0) is 4.84 Å². The van der Waals surface area contributed by atoms with Crippen molar-refractivity contribution < 1.29 is 4.84 Å². The third-order valence-corrected chi connectivity index (χ3v) is 1.95. The molecule has 0 heterocycles. The number of nitrogens with zero attached hydrogens (tertiary/aromatic N) is 1. The van der Waals surface area contributed by atoms with E-state index in [2.05, 4.69) is 16.8 Å². The Morgan fingerprint density at radius 2 is 1.69 bits per heavy atom. The van der Waals surface area contributed by atoms with Crippen LogP contribution >= 0.6 is 0 Å². The lowest BCUT2D eigenvalue weighted by Gasteiger charge is -1.99. The molecule has 3 nitrogen and oxygen atoms in total. The third kappa shape index (κ3) is 11.1. The number of unbranched alkanes of at least 4 members (excludes halogenated alkanes) is 6. The Bertz CT molecular complexity index is 112. The molecular formula is C10H19NO2. The Morgan fingerprint density at radius 3 is 2.31 bits per heavy atom. The SMILES string of the molecule is C=CCCCCCCCCON=O. The summed E-state index contributed by atoms with van der Waals surface area (Å²) in [5, 5.41) is 2.33. The minimum atomic E-state index is 0.468. The Morgan fingerprint density at radius 1 is 1.08 bits per heavy atom. The minimum Gasteiger partial charge on any atom is -0.364 e. The lowest BCUT2D eigenvalue weighted by Crippen LogP contribution is -1.87. The van der Waals surface area contributed by atoms with Gasteiger partial charge in [-0.1, -0.05) is 25.3 Å². The first kappa shape index (κ1) is 12.1. The highest BCUT2D eigenvalue weighted by atomic mass is 16.7. The maximum absolute atomic E-state index is 9.53. The fraction of sp³-hybridized carbons (Fsp3) is 0.800. The van der Waals surface area contributed by atoms with Gasteiger partial charge in [-0.3, -0.25) is 0 Å². The zero-order valence-corrected chi connectivity index (χ0v) is 8.21. The van der Waals surface area contributed by atoms with E-state index in [4.69, 9.17) is 0 Å². The molecule has 0 saturated heterocycles. The van der Waals surface area contributed by atoms with Crippen molar-refractivity contribution in [3.63, 3.8) is 0 Å². The van der Waals surface area contributed by atoms with Crippen LogP contribution in [0.2, 0.25) is 0 Å². The van der Waals surface area contributed by atoms with E-state index in [0.717, 1.165) is 19.3 Å². The van der Waals surface area contributed by atoms with Crippen molar-refractivity contribution in [2.24, 2.45) is 5.34 Å². The van der Waals surface area contributed by atoms with E-state index in [-0.39, 0.29) is 0 Å². The van der Waals surface area contributed by atoms with Crippen LogP contribution in [0.4, 0.5) is 0 Å². The summed E-state index contributed by atoms with van der Waals surface area (Å²) in [6, 6.07) is 0. The van der Waals surface area contributed by atoms with Gasteiger partial charge in [0.2, 0.25) is 0 Å². The average molecular weight is 185 g/mol. The van der Waals surface area contributed by atoms with Gasteiger partial charge >= 0.3 is 0 Å². The van der Waals surface area contributed by atoms with Gasteiger partial charge in [0, 0.05) is 0 Å². The zero-order chi connectivity index (χ0) is 9.78. The highest BCUT2D eigenvalue weighted by molar-refractivity contribution is 4.65. The molecule has 0 atom stereocenters. The third-order valence-electron chi connectivity index (χ3n) is 1.95. The molecule has 0 aromatic heterocycles. The van der Waals surface area contributed by atoms with Crippen LogP contribution in [0.15, 0.2) is 18.0 Å². The maximum atomic E-state index is 9.53. The maximum Gasteiger partial charge on any atom is 0.155 e. The number of hydrogen-bond donors (Lipinski definition) is 0. The Kier molecular flexibility index (Phi) is 10.4. The lowest BCUT2D eigenvalue weighted by atomic mass is 10.1. The van der Waals surface area contributed by atoms with Gasteiger partial charge in [0.05, 0.1) is 0 Å². The molecule has 0 aliphatic heterocycles. The topological polar surface area (TPSA) is 38.7 Å². The first-order valence-corrected chi connectivity index (χ1v) is 4.97. The molecule has 0 aliphatic rings. The van der Waals surface area contributed by atoms with Crippen molar-refractivity contribution in [1.82, 2.24) is 0 Å².